The third-order valence-corrected chi connectivity index (χ3v) is 5.27. The number of rotatable bonds is 4. The van der Waals surface area contributed by atoms with Gasteiger partial charge in [0, 0.05) is 13.5 Å². The first-order valence-corrected chi connectivity index (χ1v) is 9.33. The van der Waals surface area contributed by atoms with Gasteiger partial charge in [-0.1, -0.05) is 42.5 Å². The van der Waals surface area contributed by atoms with Crippen LogP contribution in [0, 0.1) is 11.7 Å². The van der Waals surface area contributed by atoms with Gasteiger partial charge in [0.15, 0.2) is 0 Å². The van der Waals surface area contributed by atoms with Crippen LogP contribution >= 0.6 is 0 Å². The Labute approximate surface area is 159 Å². The standard InChI is InChI=1S/C22H25FN2O2/c1-15(17-6-4-3-5-7-17)24-22(27)19-10-13-21(25(14-19)16(2)26)18-8-11-20(23)12-9-18/h3-9,11-12,15,19,21H,10,13-14H2,1-2H3,(H,24,27). The van der Waals surface area contributed by atoms with Gasteiger partial charge in [-0.05, 0) is 43.0 Å². The van der Waals surface area contributed by atoms with Crippen LogP contribution in [0.15, 0.2) is 54.6 Å². The molecular weight excluding hydrogens is 343 g/mol. The Bertz CT molecular complexity index is 792. The molecule has 0 spiro atoms. The van der Waals surface area contributed by atoms with Gasteiger partial charge in [0.05, 0.1) is 18.0 Å². The molecule has 27 heavy (non-hydrogen) atoms. The SMILES string of the molecule is CC(=O)N1CC(C(=O)NC(C)c2ccccc2)CCC1c1ccc(F)cc1. The quantitative estimate of drug-likeness (QED) is 0.887. The second-order valence-corrected chi connectivity index (χ2v) is 7.15. The summed E-state index contributed by atoms with van der Waals surface area (Å²) in [6.45, 7) is 3.86. The van der Waals surface area contributed by atoms with Gasteiger partial charge in [0.25, 0.3) is 0 Å². The fourth-order valence-electron chi connectivity index (χ4n) is 3.72. The van der Waals surface area contributed by atoms with E-state index in [1.807, 2.05) is 37.3 Å². The van der Waals surface area contributed by atoms with Crippen molar-refractivity contribution in [1.29, 1.82) is 0 Å². The minimum absolute atomic E-state index is 0.0323. The summed E-state index contributed by atoms with van der Waals surface area (Å²) in [6, 6.07) is 15.9. The largest absolute Gasteiger partial charge is 0.349 e. The number of halogens is 1. The van der Waals surface area contributed by atoms with E-state index in [4.69, 9.17) is 0 Å². The van der Waals surface area contributed by atoms with Crippen molar-refractivity contribution in [1.82, 2.24) is 10.2 Å². The van der Waals surface area contributed by atoms with Crippen molar-refractivity contribution in [3.8, 4) is 0 Å². The van der Waals surface area contributed by atoms with Crippen LogP contribution in [0.2, 0.25) is 0 Å². The normalized spacial score (nSPS) is 20.8. The van der Waals surface area contributed by atoms with Crippen molar-refractivity contribution in [3.63, 3.8) is 0 Å². The zero-order chi connectivity index (χ0) is 19.4. The molecule has 1 heterocycles. The van der Waals surface area contributed by atoms with Gasteiger partial charge in [-0.2, -0.15) is 0 Å². The highest BCUT2D eigenvalue weighted by atomic mass is 19.1. The molecule has 3 atom stereocenters. The summed E-state index contributed by atoms with van der Waals surface area (Å²) in [5, 5.41) is 3.06. The molecule has 0 saturated carbocycles. The second-order valence-electron chi connectivity index (χ2n) is 7.15. The van der Waals surface area contributed by atoms with Crippen LogP contribution < -0.4 is 5.32 Å². The molecule has 4 nitrogen and oxygen atoms in total. The first kappa shape index (κ1) is 19.1. The third kappa shape index (κ3) is 4.54. The average molecular weight is 368 g/mol. The second kappa shape index (κ2) is 8.33. The van der Waals surface area contributed by atoms with Gasteiger partial charge in [-0.25, -0.2) is 4.39 Å². The lowest BCUT2D eigenvalue weighted by Gasteiger charge is -2.39. The molecular formula is C22H25FN2O2. The Hall–Kier alpha value is -2.69. The van der Waals surface area contributed by atoms with E-state index in [1.165, 1.54) is 19.1 Å². The topological polar surface area (TPSA) is 49.4 Å². The molecule has 0 radical (unpaired) electrons. The summed E-state index contributed by atoms with van der Waals surface area (Å²) in [5.41, 5.74) is 1.96. The maximum absolute atomic E-state index is 13.2. The predicted octanol–water partition coefficient (Wildman–Crippen LogP) is 4.00. The molecule has 1 aliphatic rings. The smallest absolute Gasteiger partial charge is 0.225 e. The van der Waals surface area contributed by atoms with Crippen molar-refractivity contribution in [2.75, 3.05) is 6.54 Å². The lowest BCUT2D eigenvalue weighted by molar-refractivity contribution is -0.137. The molecule has 1 fully saturated rings. The molecule has 1 saturated heterocycles. The van der Waals surface area contributed by atoms with Crippen LogP contribution in [-0.2, 0) is 9.59 Å². The molecule has 5 heteroatoms. The van der Waals surface area contributed by atoms with E-state index < -0.39 is 0 Å². The Morgan fingerprint density at radius 2 is 1.74 bits per heavy atom. The summed E-state index contributed by atoms with van der Waals surface area (Å²) in [4.78, 5) is 26.7. The highest BCUT2D eigenvalue weighted by Gasteiger charge is 2.34. The van der Waals surface area contributed by atoms with Crippen molar-refractivity contribution in [2.45, 2.75) is 38.8 Å². The molecule has 2 aromatic carbocycles. The van der Waals surface area contributed by atoms with Crippen molar-refractivity contribution in [2.24, 2.45) is 5.92 Å². The van der Waals surface area contributed by atoms with Gasteiger partial charge in [-0.3, -0.25) is 9.59 Å². The Balaban J connectivity index is 1.68. The molecule has 3 unspecified atom stereocenters. The fourth-order valence-corrected chi connectivity index (χ4v) is 3.72. The summed E-state index contributed by atoms with van der Waals surface area (Å²) in [7, 11) is 0. The maximum atomic E-state index is 13.2. The number of carbonyl (C=O) groups is 2. The van der Waals surface area contributed by atoms with Crippen molar-refractivity contribution < 1.29 is 14.0 Å². The predicted molar refractivity (Wildman–Crippen MR) is 102 cm³/mol. The van der Waals surface area contributed by atoms with E-state index in [9.17, 15) is 14.0 Å². The summed E-state index contributed by atoms with van der Waals surface area (Å²) >= 11 is 0. The Morgan fingerprint density at radius 1 is 1.07 bits per heavy atom. The molecule has 1 N–H and O–H groups in total. The lowest BCUT2D eigenvalue weighted by Crippen LogP contribution is -2.46. The van der Waals surface area contributed by atoms with Gasteiger partial charge in [-0.15, -0.1) is 0 Å². The lowest BCUT2D eigenvalue weighted by atomic mass is 9.88. The monoisotopic (exact) mass is 368 g/mol. The minimum Gasteiger partial charge on any atom is -0.349 e. The first-order chi connectivity index (χ1) is 13.0. The molecule has 142 valence electrons. The number of likely N-dealkylation sites (tertiary alicyclic amines) is 1. The fraction of sp³-hybridized carbons (Fsp3) is 0.364. The van der Waals surface area contributed by atoms with E-state index >= 15 is 0 Å². The van der Waals surface area contributed by atoms with Crippen LogP contribution in [0.4, 0.5) is 4.39 Å². The molecule has 2 amide bonds. The van der Waals surface area contributed by atoms with E-state index in [2.05, 4.69) is 5.32 Å². The van der Waals surface area contributed by atoms with E-state index in [1.54, 1.807) is 17.0 Å². The molecule has 2 aromatic rings. The average Bonchev–Trinajstić information content (AvgIpc) is 2.68. The van der Waals surface area contributed by atoms with Gasteiger partial charge < -0.3 is 10.2 Å². The van der Waals surface area contributed by atoms with Gasteiger partial charge in [0.2, 0.25) is 11.8 Å². The maximum Gasteiger partial charge on any atom is 0.225 e. The van der Waals surface area contributed by atoms with E-state index in [0.717, 1.165) is 11.1 Å². The summed E-state index contributed by atoms with van der Waals surface area (Å²) in [5.74, 6) is -0.638. The minimum atomic E-state index is -0.295. The Morgan fingerprint density at radius 3 is 2.37 bits per heavy atom. The van der Waals surface area contributed by atoms with Gasteiger partial charge in [0.1, 0.15) is 5.82 Å². The van der Waals surface area contributed by atoms with Crippen LogP contribution in [0.1, 0.15) is 49.9 Å². The Kier molecular flexibility index (Phi) is 5.89. The summed E-state index contributed by atoms with van der Waals surface area (Å²) < 4.78 is 13.2. The summed E-state index contributed by atoms with van der Waals surface area (Å²) in [6.07, 6.45) is 1.38. The van der Waals surface area contributed by atoms with E-state index in [-0.39, 0.29) is 35.6 Å². The molecule has 1 aliphatic heterocycles. The number of hydrogen-bond donors (Lipinski definition) is 1. The molecule has 0 aromatic heterocycles. The zero-order valence-corrected chi connectivity index (χ0v) is 15.7. The van der Waals surface area contributed by atoms with E-state index in [0.29, 0.717) is 19.4 Å². The number of nitrogens with zero attached hydrogens (tertiary/aromatic N) is 1. The van der Waals surface area contributed by atoms with Crippen molar-refractivity contribution in [3.05, 3.63) is 71.5 Å². The van der Waals surface area contributed by atoms with Crippen LogP contribution in [-0.4, -0.2) is 23.3 Å². The van der Waals surface area contributed by atoms with Crippen LogP contribution in [0.3, 0.4) is 0 Å². The number of piperidine rings is 1. The highest BCUT2D eigenvalue weighted by molar-refractivity contribution is 5.81. The number of nitrogens with one attached hydrogen (secondary N) is 1. The number of carbonyl (C=O) groups excluding carboxylic acids is 2. The first-order valence-electron chi connectivity index (χ1n) is 9.33. The van der Waals surface area contributed by atoms with Crippen LogP contribution in [0.5, 0.6) is 0 Å². The number of benzene rings is 2. The molecule has 3 rings (SSSR count). The molecule has 0 aliphatic carbocycles. The zero-order valence-electron chi connectivity index (χ0n) is 15.7. The highest BCUT2D eigenvalue weighted by Crippen LogP contribution is 2.34. The van der Waals surface area contributed by atoms with Crippen molar-refractivity contribution >= 4 is 11.8 Å². The molecule has 0 bridgehead atoms. The number of amides is 2. The number of hydrogen-bond acceptors (Lipinski definition) is 2. The van der Waals surface area contributed by atoms with Gasteiger partial charge >= 0.3 is 0 Å². The third-order valence-electron chi connectivity index (χ3n) is 5.27. The van der Waals surface area contributed by atoms with Crippen LogP contribution in [0.25, 0.3) is 0 Å².